The number of aromatic nitrogens is 1. The summed E-state index contributed by atoms with van der Waals surface area (Å²) in [5, 5.41) is 10.2. The SMILES string of the molecule is CCOc1cc(/C=C(/C#N)C(=O)Nn2c(C)ccc2C)ccc1OCc1ccc(Cl)cc1. The van der Waals surface area contributed by atoms with Gasteiger partial charge in [0.15, 0.2) is 11.5 Å². The Kier molecular flexibility index (Phi) is 7.58. The highest BCUT2D eigenvalue weighted by molar-refractivity contribution is 6.30. The van der Waals surface area contributed by atoms with Crippen molar-refractivity contribution < 1.29 is 14.3 Å². The summed E-state index contributed by atoms with van der Waals surface area (Å²) in [5.74, 6) is 0.612. The molecule has 0 saturated heterocycles. The summed E-state index contributed by atoms with van der Waals surface area (Å²) in [5.41, 5.74) is 6.09. The van der Waals surface area contributed by atoms with Crippen LogP contribution in [0, 0.1) is 25.2 Å². The number of hydrogen-bond donors (Lipinski definition) is 1. The van der Waals surface area contributed by atoms with E-state index in [4.69, 9.17) is 21.1 Å². The average molecular weight is 450 g/mol. The van der Waals surface area contributed by atoms with Crippen molar-refractivity contribution in [2.24, 2.45) is 0 Å². The number of hydrogen-bond acceptors (Lipinski definition) is 4. The monoisotopic (exact) mass is 449 g/mol. The Bertz CT molecular complexity index is 1150. The number of aryl methyl sites for hydroxylation is 2. The Labute approximate surface area is 192 Å². The van der Waals surface area contributed by atoms with Crippen molar-refractivity contribution in [1.82, 2.24) is 4.68 Å². The van der Waals surface area contributed by atoms with E-state index in [0.29, 0.717) is 35.3 Å². The lowest BCUT2D eigenvalue weighted by Gasteiger charge is -2.13. The van der Waals surface area contributed by atoms with E-state index in [1.807, 2.05) is 63.2 Å². The van der Waals surface area contributed by atoms with Gasteiger partial charge < -0.3 is 9.47 Å². The molecule has 0 aliphatic rings. The molecule has 32 heavy (non-hydrogen) atoms. The molecule has 0 unspecified atom stereocenters. The number of nitriles is 1. The van der Waals surface area contributed by atoms with Crippen LogP contribution in [-0.4, -0.2) is 17.2 Å². The van der Waals surface area contributed by atoms with Crippen molar-refractivity contribution in [1.29, 1.82) is 5.26 Å². The first-order chi connectivity index (χ1) is 15.4. The summed E-state index contributed by atoms with van der Waals surface area (Å²) in [6, 6.07) is 18.4. The minimum atomic E-state index is -0.490. The number of carbonyl (C=O) groups is 1. The van der Waals surface area contributed by atoms with Gasteiger partial charge in [0.05, 0.1) is 6.61 Å². The Morgan fingerprint density at radius 3 is 2.38 bits per heavy atom. The summed E-state index contributed by atoms with van der Waals surface area (Å²) >= 11 is 5.92. The lowest BCUT2D eigenvalue weighted by atomic mass is 10.1. The van der Waals surface area contributed by atoms with E-state index in [0.717, 1.165) is 17.0 Å². The third-order valence-electron chi connectivity index (χ3n) is 4.74. The molecule has 0 aliphatic carbocycles. The molecule has 164 valence electrons. The van der Waals surface area contributed by atoms with E-state index in [2.05, 4.69) is 5.43 Å². The molecule has 1 N–H and O–H groups in total. The van der Waals surface area contributed by atoms with E-state index < -0.39 is 5.91 Å². The summed E-state index contributed by atoms with van der Waals surface area (Å²) < 4.78 is 13.3. The normalized spacial score (nSPS) is 11.0. The number of rotatable bonds is 8. The van der Waals surface area contributed by atoms with Crippen LogP contribution in [0.5, 0.6) is 11.5 Å². The highest BCUT2D eigenvalue weighted by Gasteiger charge is 2.13. The Hall–Kier alpha value is -3.69. The van der Waals surface area contributed by atoms with Crippen LogP contribution >= 0.6 is 11.6 Å². The lowest BCUT2D eigenvalue weighted by molar-refractivity contribution is -0.113. The van der Waals surface area contributed by atoms with Gasteiger partial charge in [-0.05, 0) is 74.4 Å². The standard InChI is InChI=1S/C25H24ClN3O3/c1-4-31-24-14-20(9-12-23(24)32-16-19-7-10-22(26)11-8-19)13-21(15-27)25(30)28-29-17(2)5-6-18(29)3/h5-14H,4,16H2,1-3H3,(H,28,30)/b21-13-. The quantitative estimate of drug-likeness (QED) is 0.368. The van der Waals surface area contributed by atoms with Gasteiger partial charge in [-0.25, -0.2) is 0 Å². The molecule has 0 aliphatic heterocycles. The Morgan fingerprint density at radius 2 is 1.75 bits per heavy atom. The third kappa shape index (κ3) is 5.71. The zero-order valence-corrected chi connectivity index (χ0v) is 18.9. The second-order valence-electron chi connectivity index (χ2n) is 7.12. The summed E-state index contributed by atoms with van der Waals surface area (Å²) in [6.07, 6.45) is 1.52. The van der Waals surface area contributed by atoms with Crippen molar-refractivity contribution >= 4 is 23.6 Å². The number of nitrogens with one attached hydrogen (secondary N) is 1. The molecule has 1 amide bonds. The second-order valence-corrected chi connectivity index (χ2v) is 7.55. The van der Waals surface area contributed by atoms with E-state index in [1.54, 1.807) is 22.9 Å². The van der Waals surface area contributed by atoms with Gasteiger partial charge in [0.25, 0.3) is 5.91 Å². The van der Waals surface area contributed by atoms with Crippen molar-refractivity contribution in [3.8, 4) is 17.6 Å². The third-order valence-corrected chi connectivity index (χ3v) is 4.99. The van der Waals surface area contributed by atoms with E-state index >= 15 is 0 Å². The van der Waals surface area contributed by atoms with Crippen LogP contribution in [0.3, 0.4) is 0 Å². The van der Waals surface area contributed by atoms with Gasteiger partial charge in [-0.1, -0.05) is 29.8 Å². The average Bonchev–Trinajstić information content (AvgIpc) is 3.10. The number of halogens is 1. The zero-order valence-electron chi connectivity index (χ0n) is 18.2. The molecular formula is C25H24ClN3O3. The molecule has 0 fully saturated rings. The molecule has 7 heteroatoms. The van der Waals surface area contributed by atoms with Crippen LogP contribution in [0.25, 0.3) is 6.08 Å². The van der Waals surface area contributed by atoms with Crippen LogP contribution in [0.1, 0.15) is 29.4 Å². The van der Waals surface area contributed by atoms with Gasteiger partial charge >= 0.3 is 0 Å². The fourth-order valence-corrected chi connectivity index (χ4v) is 3.19. The minimum absolute atomic E-state index is 0.0187. The highest BCUT2D eigenvalue weighted by Crippen LogP contribution is 2.30. The molecule has 0 bridgehead atoms. The molecule has 0 spiro atoms. The Balaban J connectivity index is 1.79. The van der Waals surface area contributed by atoms with Gasteiger partial charge in [-0.15, -0.1) is 0 Å². The number of benzene rings is 2. The van der Waals surface area contributed by atoms with E-state index in [1.165, 1.54) is 6.08 Å². The van der Waals surface area contributed by atoms with E-state index in [9.17, 15) is 10.1 Å². The summed E-state index contributed by atoms with van der Waals surface area (Å²) in [7, 11) is 0. The van der Waals surface area contributed by atoms with Crippen LogP contribution in [0.2, 0.25) is 5.02 Å². The van der Waals surface area contributed by atoms with Crippen LogP contribution in [0.4, 0.5) is 0 Å². The Morgan fingerprint density at radius 1 is 1.06 bits per heavy atom. The summed E-state index contributed by atoms with van der Waals surface area (Å²) in [4.78, 5) is 12.6. The molecule has 1 heterocycles. The van der Waals surface area contributed by atoms with E-state index in [-0.39, 0.29) is 5.57 Å². The predicted octanol–water partition coefficient (Wildman–Crippen LogP) is 5.41. The number of carbonyl (C=O) groups excluding carboxylic acids is 1. The largest absolute Gasteiger partial charge is 0.490 e. The molecular weight excluding hydrogens is 426 g/mol. The maximum Gasteiger partial charge on any atom is 0.280 e. The van der Waals surface area contributed by atoms with Crippen molar-refractivity contribution in [3.05, 3.63) is 87.7 Å². The number of amides is 1. The maximum absolute atomic E-state index is 12.6. The molecule has 6 nitrogen and oxygen atoms in total. The fourth-order valence-electron chi connectivity index (χ4n) is 3.07. The van der Waals surface area contributed by atoms with Crippen molar-refractivity contribution in [2.75, 3.05) is 12.0 Å². The lowest BCUT2D eigenvalue weighted by Crippen LogP contribution is -2.25. The summed E-state index contributed by atoms with van der Waals surface area (Å²) in [6.45, 7) is 6.43. The topological polar surface area (TPSA) is 76.3 Å². The van der Waals surface area contributed by atoms with Gasteiger partial charge in [0, 0.05) is 16.4 Å². The van der Waals surface area contributed by atoms with Crippen LogP contribution < -0.4 is 14.9 Å². The molecule has 3 rings (SSSR count). The van der Waals surface area contributed by atoms with Crippen molar-refractivity contribution in [3.63, 3.8) is 0 Å². The van der Waals surface area contributed by atoms with Gasteiger partial charge in [0.2, 0.25) is 0 Å². The second kappa shape index (κ2) is 10.6. The van der Waals surface area contributed by atoms with Crippen LogP contribution in [0.15, 0.2) is 60.2 Å². The molecule has 3 aromatic rings. The molecule has 1 aromatic heterocycles. The first-order valence-electron chi connectivity index (χ1n) is 10.1. The predicted molar refractivity (Wildman–Crippen MR) is 125 cm³/mol. The van der Waals surface area contributed by atoms with Gasteiger partial charge in [0.1, 0.15) is 18.2 Å². The van der Waals surface area contributed by atoms with Crippen molar-refractivity contribution in [2.45, 2.75) is 27.4 Å². The van der Waals surface area contributed by atoms with Crippen LogP contribution in [-0.2, 0) is 11.4 Å². The van der Waals surface area contributed by atoms with Gasteiger partial charge in [-0.2, -0.15) is 5.26 Å². The molecule has 2 aromatic carbocycles. The zero-order chi connectivity index (χ0) is 23.1. The first-order valence-corrected chi connectivity index (χ1v) is 10.5. The molecule has 0 atom stereocenters. The van der Waals surface area contributed by atoms with Gasteiger partial charge in [-0.3, -0.25) is 14.9 Å². The first kappa shape index (κ1) is 23.0. The highest BCUT2D eigenvalue weighted by atomic mass is 35.5. The maximum atomic E-state index is 12.6. The smallest absolute Gasteiger partial charge is 0.280 e. The molecule has 0 saturated carbocycles. The number of nitrogens with zero attached hydrogens (tertiary/aromatic N) is 2. The fraction of sp³-hybridized carbons (Fsp3) is 0.200. The molecule has 0 radical (unpaired) electrons. The minimum Gasteiger partial charge on any atom is -0.490 e. The number of ether oxygens (including phenoxy) is 2.